The van der Waals surface area contributed by atoms with E-state index in [9.17, 15) is 43.5 Å². The van der Waals surface area contributed by atoms with E-state index in [1.165, 1.54) is 87.7 Å². The second-order valence-electron chi connectivity index (χ2n) is 30.8. The van der Waals surface area contributed by atoms with Gasteiger partial charge in [0.1, 0.15) is 60.4 Å². The van der Waals surface area contributed by atoms with Crippen LogP contribution >= 0.6 is 0 Å². The number of aliphatic hydroxyl groups excluding tert-OH is 1. The Morgan fingerprint density at radius 3 is 1.48 bits per heavy atom. The molecule has 0 aromatic carbocycles. The van der Waals surface area contributed by atoms with Crippen LogP contribution in [0.15, 0.2) is 0 Å². The van der Waals surface area contributed by atoms with Crippen LogP contribution in [-0.2, 0) is 62.3 Å². The highest BCUT2D eigenvalue weighted by molar-refractivity contribution is 5.99. The summed E-state index contributed by atoms with van der Waals surface area (Å²) in [6, 6.07) is -12.6. The molecule has 2 rings (SSSR count). The minimum atomic E-state index is -1.66. The van der Waals surface area contributed by atoms with E-state index in [1.807, 2.05) is 60.3 Å². The Balaban J connectivity index is 2.92. The smallest absolute Gasteiger partial charge is 0.246 e. The van der Waals surface area contributed by atoms with Gasteiger partial charge in [0.15, 0.2) is 0 Å². The number of nitrogens with zero attached hydrogens (tertiary/aromatic N) is 9. The quantitative estimate of drug-likeness (QED) is 0.0812. The molecule has 12 amide bonds. The van der Waals surface area contributed by atoms with Crippen molar-refractivity contribution >= 4 is 70.9 Å². The van der Waals surface area contributed by atoms with E-state index in [-0.39, 0.29) is 68.1 Å². The molecule has 0 spiro atoms. The number of ether oxygens (including phenoxy) is 1. The van der Waals surface area contributed by atoms with Gasteiger partial charge in [-0.2, -0.15) is 0 Å². The zero-order valence-corrected chi connectivity index (χ0v) is 65.6. The molecule has 0 bridgehead atoms. The summed E-state index contributed by atoms with van der Waals surface area (Å²) in [5.74, 6) is -9.95. The number of nitrogens with one attached hydrogen (secondary N) is 4. The predicted octanol–water partition coefficient (Wildman–Crippen LogP) is 3.82. The molecule has 0 radical (unpaired) electrons. The number of hydrogen-bond acceptors (Lipinski definition) is 15. The van der Waals surface area contributed by atoms with Crippen molar-refractivity contribution in [3.05, 3.63) is 0 Å². The summed E-state index contributed by atoms with van der Waals surface area (Å²) in [5, 5.41) is 23.7. The zero-order valence-electron chi connectivity index (χ0n) is 65.6. The highest BCUT2D eigenvalue weighted by Gasteiger charge is 2.46. The molecular weight excluding hydrogens is 1280 g/mol. The van der Waals surface area contributed by atoms with E-state index >= 15 is 19.2 Å². The van der Waals surface area contributed by atoms with Crippen molar-refractivity contribution in [1.29, 1.82) is 0 Å². The Hall–Kier alpha value is -6.48. The molecule has 2 heterocycles. The number of likely N-dealkylation sites (N-methyl/N-ethyl adjacent to an activating group) is 7. The number of likely N-dealkylation sites (tertiary alicyclic amines) is 1. The number of amides is 12. The van der Waals surface area contributed by atoms with Crippen LogP contribution < -0.4 is 21.3 Å². The molecule has 2 fully saturated rings. The van der Waals surface area contributed by atoms with Gasteiger partial charge in [-0.1, -0.05) is 110 Å². The molecule has 0 saturated carbocycles. The number of carbonyl (C=O) groups excluding carboxylic acids is 12. The van der Waals surface area contributed by atoms with Gasteiger partial charge in [0, 0.05) is 76.1 Å². The monoisotopic (exact) mass is 1420 g/mol. The van der Waals surface area contributed by atoms with Crippen molar-refractivity contribution in [2.75, 3.05) is 102 Å². The van der Waals surface area contributed by atoms with Crippen molar-refractivity contribution in [3.63, 3.8) is 0 Å². The van der Waals surface area contributed by atoms with Gasteiger partial charge in [0.25, 0.3) is 0 Å². The molecule has 27 nitrogen and oxygen atoms in total. The minimum absolute atomic E-state index is 0.000494. The van der Waals surface area contributed by atoms with Crippen LogP contribution in [0.4, 0.5) is 0 Å². The third kappa shape index (κ3) is 26.7. The molecule has 0 aliphatic carbocycles. The van der Waals surface area contributed by atoms with Crippen LogP contribution in [0.1, 0.15) is 188 Å². The molecule has 0 aromatic rings. The minimum Gasteiger partial charge on any atom is -0.390 e. The highest BCUT2D eigenvalue weighted by Crippen LogP contribution is 2.27. The largest absolute Gasteiger partial charge is 0.390 e. The number of rotatable bonds is 25. The molecular formula is C73H133N13O14. The molecule has 0 unspecified atom stereocenters. The number of methoxy groups -OCH3 is 1. The molecule has 574 valence electrons. The maximum Gasteiger partial charge on any atom is 0.246 e. The van der Waals surface area contributed by atoms with Gasteiger partial charge in [0.05, 0.1) is 25.7 Å². The lowest BCUT2D eigenvalue weighted by molar-refractivity contribution is -0.157. The first-order valence-electron chi connectivity index (χ1n) is 36.8. The molecule has 27 heteroatoms. The Kier molecular flexibility index (Phi) is 38.4. The van der Waals surface area contributed by atoms with E-state index in [1.54, 1.807) is 48.7 Å². The lowest BCUT2D eigenvalue weighted by Crippen LogP contribution is -2.63. The Bertz CT molecular complexity index is 2690. The summed E-state index contributed by atoms with van der Waals surface area (Å²) in [5.41, 5.74) is 0. The number of hydrogen-bond donors (Lipinski definition) is 5. The van der Waals surface area contributed by atoms with Crippen LogP contribution in [-0.4, -0.2) is 289 Å². The molecule has 2 saturated heterocycles. The lowest BCUT2D eigenvalue weighted by atomic mass is 9.90. The SMILES string of the molecule is CC[C@@H]1NC(=O)[C@H]([C@H](O)[C@H](C)CCCCCN(CCN2CCCC2)C(=O)CCOC)N(C)C(=O)[C@H](C(C)C)N(C)C(=O)[C@H](CC(C)C)N(C)C(=O)[C@H](CC(C)C)N(C)C(=O)[C@@H](C)NC(=O)[C@H](C)NC(=O)[C@H](CC(C)C)N(C)C(=O)[C@H](C(C)C)NC(=O)[C@H](CC(C)C)N(C)C(=O)CN(C)C1=O. The summed E-state index contributed by atoms with van der Waals surface area (Å²) in [4.78, 5) is 188. The average Bonchev–Trinajstić information content (AvgIpc) is 0.868. The Morgan fingerprint density at radius 1 is 0.510 bits per heavy atom. The zero-order chi connectivity index (χ0) is 76.5. The number of aliphatic hydroxyl groups is 1. The van der Waals surface area contributed by atoms with Crippen LogP contribution in [0.2, 0.25) is 0 Å². The molecule has 0 aromatic heterocycles. The third-order valence-corrected chi connectivity index (χ3v) is 19.7. The first-order valence-corrected chi connectivity index (χ1v) is 36.8. The topological polar surface area (TPSA) is 312 Å². The molecule has 12 atom stereocenters. The molecule has 2 aliphatic rings. The first kappa shape index (κ1) is 89.6. The first-order chi connectivity index (χ1) is 46.6. The second-order valence-corrected chi connectivity index (χ2v) is 30.8. The predicted molar refractivity (Wildman–Crippen MR) is 386 cm³/mol. The standard InChI is InChI=1S/C73H133N13O14/c1-25-53-69(95)78(17)43-59(88)79(18)54(39-44(2)3)66(92)77-60(48(10)11)72(98)80(19)55(40-45(4)5)65(91)74-51(15)64(90)75-52(16)68(94)81(20)56(41-46(6)7)70(96)82(21)57(42-47(8)9)71(97)83(22)61(49(12)13)73(99)84(23)62(67(93)76-53)63(89)50(14)31-27-26-28-35-86(58(87)32-38-100-24)37-36-85-33-29-30-34-85/h44-57,60-63,89H,25-43H2,1-24H3,(H,74,91)(H,75,90)(H,76,93)(H,77,92)/t50-,51+,52-,53+,54+,55+,56+,57+,60+,61+,62+,63-/m1/s1. The summed E-state index contributed by atoms with van der Waals surface area (Å²) in [7, 11) is 11.5. The van der Waals surface area contributed by atoms with E-state index < -0.39 is 156 Å². The van der Waals surface area contributed by atoms with E-state index in [2.05, 4.69) is 26.2 Å². The van der Waals surface area contributed by atoms with Crippen molar-refractivity contribution in [2.45, 2.75) is 254 Å². The van der Waals surface area contributed by atoms with Gasteiger partial charge >= 0.3 is 0 Å². The fourth-order valence-corrected chi connectivity index (χ4v) is 13.3. The van der Waals surface area contributed by atoms with Crippen LogP contribution in [0.3, 0.4) is 0 Å². The summed E-state index contributed by atoms with van der Waals surface area (Å²) in [6.45, 7) is 31.8. The van der Waals surface area contributed by atoms with Gasteiger partial charge < -0.3 is 75.2 Å². The lowest BCUT2D eigenvalue weighted by Gasteiger charge is -2.41. The van der Waals surface area contributed by atoms with Gasteiger partial charge in [-0.05, 0) is 126 Å². The normalized spacial score (nSPS) is 25.5. The number of unbranched alkanes of at least 4 members (excludes halogenated alkanes) is 2. The third-order valence-electron chi connectivity index (χ3n) is 19.7. The van der Waals surface area contributed by atoms with Crippen LogP contribution in [0.5, 0.6) is 0 Å². The maximum atomic E-state index is 15.5. The fraction of sp³-hybridized carbons (Fsp3) is 0.836. The van der Waals surface area contributed by atoms with Crippen molar-refractivity contribution in [3.8, 4) is 0 Å². The summed E-state index contributed by atoms with van der Waals surface area (Å²) < 4.78 is 5.22. The van der Waals surface area contributed by atoms with Crippen molar-refractivity contribution in [2.24, 2.45) is 41.4 Å². The van der Waals surface area contributed by atoms with Crippen LogP contribution in [0.25, 0.3) is 0 Å². The molecule has 100 heavy (non-hydrogen) atoms. The van der Waals surface area contributed by atoms with E-state index in [0.717, 1.165) is 42.3 Å². The van der Waals surface area contributed by atoms with Gasteiger partial charge in [-0.3, -0.25) is 57.5 Å². The van der Waals surface area contributed by atoms with Crippen LogP contribution in [0, 0.1) is 41.4 Å². The number of carbonyl (C=O) groups is 12. The van der Waals surface area contributed by atoms with Gasteiger partial charge in [0.2, 0.25) is 70.9 Å². The van der Waals surface area contributed by atoms with E-state index in [0.29, 0.717) is 45.4 Å². The summed E-state index contributed by atoms with van der Waals surface area (Å²) >= 11 is 0. The Labute approximate surface area is 599 Å². The highest BCUT2D eigenvalue weighted by atomic mass is 16.5. The fourth-order valence-electron chi connectivity index (χ4n) is 13.3. The van der Waals surface area contributed by atoms with Gasteiger partial charge in [-0.15, -0.1) is 0 Å². The average molecular weight is 1420 g/mol. The Morgan fingerprint density at radius 2 is 0.980 bits per heavy atom. The van der Waals surface area contributed by atoms with Crippen molar-refractivity contribution in [1.82, 2.24) is 65.4 Å². The summed E-state index contributed by atoms with van der Waals surface area (Å²) in [6.07, 6.45) is 3.85. The van der Waals surface area contributed by atoms with E-state index in [4.69, 9.17) is 4.74 Å². The maximum absolute atomic E-state index is 15.5. The molecule has 2 aliphatic heterocycles. The van der Waals surface area contributed by atoms with Gasteiger partial charge in [-0.25, -0.2) is 0 Å². The second kappa shape index (κ2) is 42.8. The molecule has 5 N–H and O–H groups in total. The van der Waals surface area contributed by atoms with Crippen molar-refractivity contribution < 1.29 is 67.4 Å².